The number of nitrogens with zero attached hydrogens (tertiary/aromatic N) is 1. The third-order valence-corrected chi connectivity index (χ3v) is 7.68. The average molecular weight is 399 g/mol. The lowest BCUT2D eigenvalue weighted by molar-refractivity contribution is -0.124. The molecule has 1 unspecified atom stereocenters. The molecule has 1 aromatic carbocycles. The van der Waals surface area contributed by atoms with E-state index >= 15 is 0 Å². The van der Waals surface area contributed by atoms with Crippen molar-refractivity contribution in [1.29, 1.82) is 0 Å². The Kier molecular flexibility index (Phi) is 8.44. The van der Waals surface area contributed by atoms with Crippen molar-refractivity contribution in [2.45, 2.75) is 52.1 Å². The second-order valence-corrected chi connectivity index (χ2v) is 9.98. The summed E-state index contributed by atoms with van der Waals surface area (Å²) in [6.45, 7) is 5.00. The number of carbonyl (C=O) groups excluding carboxylic acids is 1. The van der Waals surface area contributed by atoms with Crippen LogP contribution in [0.5, 0.6) is 0 Å². The van der Waals surface area contributed by atoms with Gasteiger partial charge in [0.05, 0.1) is 5.75 Å². The van der Waals surface area contributed by atoms with E-state index in [1.165, 1.54) is 16.1 Å². The van der Waals surface area contributed by atoms with Crippen molar-refractivity contribution in [3.05, 3.63) is 35.4 Å². The monoisotopic (exact) mass is 398 g/mol. The largest absolute Gasteiger partial charge is 0.355 e. The number of hydrogen-bond donors (Lipinski definition) is 1. The normalized spacial score (nSPS) is 20.5. The van der Waals surface area contributed by atoms with E-state index in [1.807, 2.05) is 31.2 Å². The predicted octanol–water partition coefficient (Wildman–Crippen LogP) is 2.94. The van der Waals surface area contributed by atoms with Gasteiger partial charge >= 0.3 is 0 Å². The first-order valence-electron chi connectivity index (χ1n) is 9.34. The van der Waals surface area contributed by atoms with E-state index in [0.29, 0.717) is 18.1 Å². The smallest absolute Gasteiger partial charge is 0.239 e. The number of carbonyl (C=O) groups is 1. The van der Waals surface area contributed by atoms with Gasteiger partial charge in [0, 0.05) is 24.6 Å². The molecule has 0 aromatic heterocycles. The van der Waals surface area contributed by atoms with E-state index in [1.54, 1.807) is 0 Å². The number of nitrogens with one attached hydrogen (secondary N) is 1. The van der Waals surface area contributed by atoms with Gasteiger partial charge in [-0.3, -0.25) is 4.79 Å². The second-order valence-electron chi connectivity index (χ2n) is 6.79. The first kappa shape index (κ1) is 21.3. The minimum atomic E-state index is -3.45. The number of unbranched alkanes of at least 4 members (excludes halogenated alkanes) is 3. The number of rotatable bonds is 8. The van der Waals surface area contributed by atoms with Crippen molar-refractivity contribution in [2.75, 3.05) is 23.8 Å². The van der Waals surface area contributed by atoms with Crippen LogP contribution in [0.2, 0.25) is 0 Å². The molecule has 0 saturated carbocycles. The number of aryl methyl sites for hydroxylation is 1. The third kappa shape index (κ3) is 6.28. The Balaban J connectivity index is 2.09. The number of hydrogen-bond acceptors (Lipinski definition) is 4. The Bertz CT molecular complexity index is 675. The van der Waals surface area contributed by atoms with Crippen LogP contribution in [0.4, 0.5) is 0 Å². The van der Waals surface area contributed by atoms with E-state index in [4.69, 9.17) is 0 Å². The molecular weight excluding hydrogens is 368 g/mol. The van der Waals surface area contributed by atoms with Gasteiger partial charge in [0.2, 0.25) is 15.9 Å². The van der Waals surface area contributed by atoms with Gasteiger partial charge in [-0.2, -0.15) is 16.1 Å². The lowest BCUT2D eigenvalue weighted by Crippen LogP contribution is -2.50. The minimum absolute atomic E-state index is 0.0871. The van der Waals surface area contributed by atoms with E-state index in [9.17, 15) is 13.2 Å². The topological polar surface area (TPSA) is 66.5 Å². The fourth-order valence-corrected chi connectivity index (χ4v) is 6.19. The summed E-state index contributed by atoms with van der Waals surface area (Å²) < 4.78 is 26.9. The molecule has 1 aliphatic rings. The van der Waals surface area contributed by atoms with Crippen molar-refractivity contribution in [2.24, 2.45) is 0 Å². The van der Waals surface area contributed by atoms with Crippen molar-refractivity contribution in [3.8, 4) is 0 Å². The quantitative estimate of drug-likeness (QED) is 0.684. The molecule has 0 bridgehead atoms. The first-order valence-corrected chi connectivity index (χ1v) is 12.1. The molecular formula is C19H30N2O3S2. The molecule has 1 heterocycles. The Hall–Kier alpha value is -1.05. The minimum Gasteiger partial charge on any atom is -0.355 e. The van der Waals surface area contributed by atoms with Gasteiger partial charge < -0.3 is 5.32 Å². The molecule has 1 aliphatic heterocycles. The molecule has 26 heavy (non-hydrogen) atoms. The molecule has 0 radical (unpaired) electrons. The fourth-order valence-electron chi connectivity index (χ4n) is 2.92. The van der Waals surface area contributed by atoms with E-state index in [-0.39, 0.29) is 18.2 Å². The van der Waals surface area contributed by atoms with E-state index in [2.05, 4.69) is 12.2 Å². The van der Waals surface area contributed by atoms with Crippen LogP contribution in [0.25, 0.3) is 0 Å². The maximum absolute atomic E-state index is 12.7. The summed E-state index contributed by atoms with van der Waals surface area (Å²) in [5.74, 6) is 0.953. The molecule has 1 amide bonds. The zero-order valence-corrected chi connectivity index (χ0v) is 17.4. The molecule has 1 aromatic rings. The summed E-state index contributed by atoms with van der Waals surface area (Å²) in [4.78, 5) is 12.7. The SMILES string of the molecule is CCCCCCNC(=O)C1CSCCS(=O)(=O)N1Cc1ccc(C)cc1. The zero-order chi connectivity index (χ0) is 19.0. The van der Waals surface area contributed by atoms with Gasteiger partial charge in [0.1, 0.15) is 6.04 Å². The lowest BCUT2D eigenvalue weighted by Gasteiger charge is -2.27. The highest BCUT2D eigenvalue weighted by Gasteiger charge is 2.36. The lowest BCUT2D eigenvalue weighted by atomic mass is 10.1. The second kappa shape index (κ2) is 10.3. The summed E-state index contributed by atoms with van der Waals surface area (Å²) in [6, 6.07) is 7.17. The van der Waals surface area contributed by atoms with Gasteiger partial charge in [-0.15, -0.1) is 0 Å². The summed E-state index contributed by atoms with van der Waals surface area (Å²) >= 11 is 1.54. The standard InChI is InChI=1S/C19H30N2O3S2/c1-3-4-5-6-11-20-19(22)18-15-25-12-13-26(23,24)21(18)14-17-9-7-16(2)8-10-17/h7-10,18H,3-6,11-15H2,1-2H3,(H,20,22). The molecule has 1 fully saturated rings. The molecule has 146 valence electrons. The molecule has 2 rings (SSSR count). The van der Waals surface area contributed by atoms with Gasteiger partial charge in [0.25, 0.3) is 0 Å². The van der Waals surface area contributed by atoms with Crippen molar-refractivity contribution in [1.82, 2.24) is 9.62 Å². The summed E-state index contributed by atoms with van der Waals surface area (Å²) in [7, 11) is -3.45. The molecule has 1 atom stereocenters. The Morgan fingerprint density at radius 1 is 1.23 bits per heavy atom. The number of sulfonamides is 1. The van der Waals surface area contributed by atoms with Crippen molar-refractivity contribution >= 4 is 27.7 Å². The van der Waals surface area contributed by atoms with Crippen LogP contribution in [0.15, 0.2) is 24.3 Å². The molecule has 7 heteroatoms. The third-order valence-electron chi connectivity index (χ3n) is 4.56. The predicted molar refractivity (Wildman–Crippen MR) is 109 cm³/mol. The van der Waals surface area contributed by atoms with Gasteiger partial charge in [-0.1, -0.05) is 56.0 Å². The Morgan fingerprint density at radius 3 is 2.65 bits per heavy atom. The molecule has 1 N–H and O–H groups in total. The van der Waals surface area contributed by atoms with Crippen LogP contribution in [0.1, 0.15) is 43.7 Å². The maximum atomic E-state index is 12.7. The molecule has 0 spiro atoms. The van der Waals surface area contributed by atoms with Crippen LogP contribution in [0.3, 0.4) is 0 Å². The summed E-state index contributed by atoms with van der Waals surface area (Å²) in [5.41, 5.74) is 2.04. The van der Waals surface area contributed by atoms with Crippen LogP contribution in [-0.4, -0.2) is 48.5 Å². The average Bonchev–Trinajstić information content (AvgIpc) is 2.75. The van der Waals surface area contributed by atoms with Crippen LogP contribution in [-0.2, 0) is 21.4 Å². The van der Waals surface area contributed by atoms with Crippen LogP contribution >= 0.6 is 11.8 Å². The van der Waals surface area contributed by atoms with E-state index in [0.717, 1.165) is 36.8 Å². The van der Waals surface area contributed by atoms with Crippen molar-refractivity contribution < 1.29 is 13.2 Å². The molecule has 0 aliphatic carbocycles. The number of amides is 1. The Morgan fingerprint density at radius 2 is 1.96 bits per heavy atom. The first-order chi connectivity index (χ1) is 12.4. The zero-order valence-electron chi connectivity index (χ0n) is 15.7. The summed E-state index contributed by atoms with van der Waals surface area (Å²) in [5, 5.41) is 2.94. The highest BCUT2D eigenvalue weighted by atomic mass is 32.2. The van der Waals surface area contributed by atoms with Crippen LogP contribution < -0.4 is 5.32 Å². The van der Waals surface area contributed by atoms with Gasteiger partial charge in [0.15, 0.2) is 0 Å². The molecule has 5 nitrogen and oxygen atoms in total. The summed E-state index contributed by atoms with van der Waals surface area (Å²) in [6.07, 6.45) is 4.32. The number of thioether (sulfide) groups is 1. The van der Waals surface area contributed by atoms with Gasteiger partial charge in [-0.25, -0.2) is 8.42 Å². The number of benzene rings is 1. The highest BCUT2D eigenvalue weighted by molar-refractivity contribution is 8.00. The van der Waals surface area contributed by atoms with Gasteiger partial charge in [-0.05, 0) is 18.9 Å². The van der Waals surface area contributed by atoms with Crippen LogP contribution in [0, 0.1) is 6.92 Å². The maximum Gasteiger partial charge on any atom is 0.239 e. The highest BCUT2D eigenvalue weighted by Crippen LogP contribution is 2.22. The Labute approximate surface area is 162 Å². The van der Waals surface area contributed by atoms with Crippen molar-refractivity contribution in [3.63, 3.8) is 0 Å². The molecule has 1 saturated heterocycles. The van der Waals surface area contributed by atoms with E-state index < -0.39 is 16.1 Å². The fraction of sp³-hybridized carbons (Fsp3) is 0.632.